The summed E-state index contributed by atoms with van der Waals surface area (Å²) >= 11 is 2.77. The molecule has 1 aliphatic heterocycles. The standard InChI is InChI=1S/C21H24N4O3S3/c26-21(20-18(8-14-29-20)31(27,28)25-12-2-1-3-13-25)23-9-4-5-19-24-17(15-30-19)16-6-10-22-11-7-16/h6-8,10-11,14-15H,1-5,9,12-13H2,(H,23,26). The van der Waals surface area contributed by atoms with Crippen LogP contribution in [0.3, 0.4) is 0 Å². The normalized spacial score (nSPS) is 15.1. The average Bonchev–Trinajstić information content (AvgIpc) is 3.48. The molecule has 0 aliphatic carbocycles. The summed E-state index contributed by atoms with van der Waals surface area (Å²) in [7, 11) is -3.62. The van der Waals surface area contributed by atoms with Crippen LogP contribution >= 0.6 is 22.7 Å². The molecule has 0 radical (unpaired) electrons. The fraction of sp³-hybridized carbons (Fsp3) is 0.381. The van der Waals surface area contributed by atoms with E-state index in [9.17, 15) is 13.2 Å². The van der Waals surface area contributed by atoms with Crippen LogP contribution in [0.2, 0.25) is 0 Å². The summed E-state index contributed by atoms with van der Waals surface area (Å²) in [6, 6.07) is 5.39. The number of carbonyl (C=O) groups excluding carboxylic acids is 1. The molecule has 0 spiro atoms. The van der Waals surface area contributed by atoms with Crippen LogP contribution in [0.25, 0.3) is 11.3 Å². The summed E-state index contributed by atoms with van der Waals surface area (Å²) in [6.45, 7) is 1.51. The summed E-state index contributed by atoms with van der Waals surface area (Å²) in [5, 5.41) is 7.56. The first-order valence-electron chi connectivity index (χ1n) is 10.3. The minimum atomic E-state index is -3.62. The van der Waals surface area contributed by atoms with E-state index in [1.807, 2.05) is 17.5 Å². The van der Waals surface area contributed by atoms with E-state index in [1.165, 1.54) is 15.6 Å². The minimum absolute atomic E-state index is 0.124. The molecule has 1 aliphatic rings. The lowest BCUT2D eigenvalue weighted by Gasteiger charge is -2.25. The number of pyridine rings is 1. The molecule has 31 heavy (non-hydrogen) atoms. The first kappa shape index (κ1) is 22.1. The van der Waals surface area contributed by atoms with Crippen LogP contribution in [0.1, 0.15) is 40.4 Å². The summed E-state index contributed by atoms with van der Waals surface area (Å²) < 4.78 is 27.4. The highest BCUT2D eigenvalue weighted by Crippen LogP contribution is 2.27. The van der Waals surface area contributed by atoms with E-state index in [-0.39, 0.29) is 15.7 Å². The molecule has 3 aromatic heterocycles. The van der Waals surface area contributed by atoms with E-state index in [4.69, 9.17) is 0 Å². The summed E-state index contributed by atoms with van der Waals surface area (Å²) in [4.78, 5) is 21.7. The van der Waals surface area contributed by atoms with E-state index < -0.39 is 10.0 Å². The second-order valence-electron chi connectivity index (χ2n) is 7.30. The zero-order valence-corrected chi connectivity index (χ0v) is 19.4. The minimum Gasteiger partial charge on any atom is -0.351 e. The second-order valence-corrected chi connectivity index (χ2v) is 11.1. The van der Waals surface area contributed by atoms with Crippen LogP contribution in [0, 0.1) is 0 Å². The monoisotopic (exact) mass is 476 g/mol. The number of aromatic nitrogens is 2. The van der Waals surface area contributed by atoms with E-state index in [1.54, 1.807) is 35.2 Å². The summed E-state index contributed by atoms with van der Waals surface area (Å²) in [5.41, 5.74) is 1.96. The van der Waals surface area contributed by atoms with Crippen molar-refractivity contribution in [2.45, 2.75) is 37.0 Å². The van der Waals surface area contributed by atoms with Gasteiger partial charge in [0.15, 0.2) is 0 Å². The molecular weight excluding hydrogens is 452 g/mol. The Morgan fingerprint density at radius 2 is 1.87 bits per heavy atom. The van der Waals surface area contributed by atoms with Gasteiger partial charge in [0.1, 0.15) is 9.77 Å². The van der Waals surface area contributed by atoms with Gasteiger partial charge in [-0.1, -0.05) is 6.42 Å². The highest BCUT2D eigenvalue weighted by molar-refractivity contribution is 7.89. The maximum Gasteiger partial charge on any atom is 0.262 e. The molecule has 0 aromatic carbocycles. The van der Waals surface area contributed by atoms with Gasteiger partial charge >= 0.3 is 0 Å². The Morgan fingerprint density at radius 1 is 1.10 bits per heavy atom. The number of nitrogens with one attached hydrogen (secondary N) is 1. The number of thiazole rings is 1. The van der Waals surface area contributed by atoms with E-state index in [0.29, 0.717) is 19.6 Å². The molecule has 164 valence electrons. The fourth-order valence-corrected chi connectivity index (χ4v) is 7.20. The van der Waals surface area contributed by atoms with Crippen molar-refractivity contribution in [3.8, 4) is 11.3 Å². The van der Waals surface area contributed by atoms with Gasteiger partial charge in [-0.05, 0) is 42.8 Å². The van der Waals surface area contributed by atoms with Gasteiger partial charge in [-0.2, -0.15) is 4.31 Å². The number of hydrogen-bond acceptors (Lipinski definition) is 7. The Bertz CT molecular complexity index is 1120. The molecule has 1 N–H and O–H groups in total. The topological polar surface area (TPSA) is 92.3 Å². The molecule has 7 nitrogen and oxygen atoms in total. The van der Waals surface area contributed by atoms with Gasteiger partial charge in [-0.3, -0.25) is 9.78 Å². The SMILES string of the molecule is O=C(NCCCc1nc(-c2ccncc2)cs1)c1sccc1S(=O)(=O)N1CCCCC1. The van der Waals surface area contributed by atoms with E-state index >= 15 is 0 Å². The van der Waals surface area contributed by atoms with Gasteiger partial charge in [-0.25, -0.2) is 13.4 Å². The van der Waals surface area contributed by atoms with Crippen LogP contribution in [-0.2, 0) is 16.4 Å². The predicted octanol–water partition coefficient (Wildman–Crippen LogP) is 3.80. The van der Waals surface area contributed by atoms with Crippen molar-refractivity contribution in [1.29, 1.82) is 0 Å². The second kappa shape index (κ2) is 9.99. The van der Waals surface area contributed by atoms with Crippen LogP contribution in [0.4, 0.5) is 0 Å². The number of rotatable bonds is 8. The molecule has 1 amide bonds. The lowest BCUT2D eigenvalue weighted by Crippen LogP contribution is -2.36. The number of hydrogen-bond donors (Lipinski definition) is 1. The lowest BCUT2D eigenvalue weighted by atomic mass is 10.2. The Labute approximate surface area is 190 Å². The van der Waals surface area contributed by atoms with Gasteiger partial charge in [0.2, 0.25) is 10.0 Å². The Hall–Kier alpha value is -2.14. The van der Waals surface area contributed by atoms with Gasteiger partial charge in [0.25, 0.3) is 5.91 Å². The van der Waals surface area contributed by atoms with Gasteiger partial charge in [0.05, 0.1) is 10.7 Å². The summed E-state index contributed by atoms with van der Waals surface area (Å²) in [5.74, 6) is -0.331. The quantitative estimate of drug-likeness (QED) is 0.499. The van der Waals surface area contributed by atoms with Crippen molar-refractivity contribution in [2.24, 2.45) is 0 Å². The molecule has 3 aromatic rings. The van der Waals surface area contributed by atoms with Crippen molar-refractivity contribution in [1.82, 2.24) is 19.6 Å². The third-order valence-corrected chi connectivity index (χ3v) is 9.04. The van der Waals surface area contributed by atoms with E-state index in [2.05, 4.69) is 15.3 Å². The molecule has 0 unspecified atom stereocenters. The Kier molecular flexibility index (Phi) is 7.11. The number of sulfonamides is 1. The number of carbonyl (C=O) groups is 1. The maximum atomic E-state index is 12.9. The largest absolute Gasteiger partial charge is 0.351 e. The highest BCUT2D eigenvalue weighted by Gasteiger charge is 2.30. The van der Waals surface area contributed by atoms with Gasteiger partial charge in [0, 0.05) is 49.4 Å². The first-order chi connectivity index (χ1) is 15.1. The van der Waals surface area contributed by atoms with Gasteiger partial charge in [-0.15, -0.1) is 22.7 Å². The molecule has 1 fully saturated rings. The smallest absolute Gasteiger partial charge is 0.262 e. The molecule has 0 bridgehead atoms. The van der Waals surface area contributed by atoms with Crippen molar-refractivity contribution in [3.63, 3.8) is 0 Å². The van der Waals surface area contributed by atoms with Crippen LogP contribution in [0.15, 0.2) is 46.2 Å². The average molecular weight is 477 g/mol. The maximum absolute atomic E-state index is 12.9. The third-order valence-electron chi connectivity index (χ3n) is 5.15. The zero-order chi connectivity index (χ0) is 21.7. The highest BCUT2D eigenvalue weighted by atomic mass is 32.2. The zero-order valence-electron chi connectivity index (χ0n) is 17.0. The van der Waals surface area contributed by atoms with Crippen LogP contribution < -0.4 is 5.32 Å². The predicted molar refractivity (Wildman–Crippen MR) is 123 cm³/mol. The molecule has 4 heterocycles. The molecule has 1 saturated heterocycles. The Balaban J connectivity index is 1.31. The van der Waals surface area contributed by atoms with Gasteiger partial charge < -0.3 is 5.32 Å². The van der Waals surface area contributed by atoms with Crippen LogP contribution in [0.5, 0.6) is 0 Å². The molecule has 10 heteroatoms. The van der Waals surface area contributed by atoms with Crippen molar-refractivity contribution in [2.75, 3.05) is 19.6 Å². The first-order valence-corrected chi connectivity index (χ1v) is 13.5. The van der Waals surface area contributed by atoms with Crippen molar-refractivity contribution >= 4 is 38.6 Å². The molecular formula is C21H24N4O3S3. The number of nitrogens with zero attached hydrogens (tertiary/aromatic N) is 3. The number of piperidine rings is 1. The van der Waals surface area contributed by atoms with E-state index in [0.717, 1.165) is 48.4 Å². The molecule has 4 rings (SSSR count). The number of thiophene rings is 1. The fourth-order valence-electron chi connectivity index (χ4n) is 3.51. The lowest BCUT2D eigenvalue weighted by molar-refractivity contribution is 0.0954. The Morgan fingerprint density at radius 3 is 2.65 bits per heavy atom. The summed E-state index contributed by atoms with van der Waals surface area (Å²) in [6.07, 6.45) is 7.75. The van der Waals surface area contributed by atoms with Crippen molar-refractivity contribution in [3.05, 3.63) is 51.2 Å². The number of amides is 1. The third kappa shape index (κ3) is 5.20. The number of aryl methyl sites for hydroxylation is 1. The van der Waals surface area contributed by atoms with Crippen molar-refractivity contribution < 1.29 is 13.2 Å². The molecule has 0 saturated carbocycles. The molecule has 0 atom stereocenters. The van der Waals surface area contributed by atoms with Crippen LogP contribution in [-0.4, -0.2) is 48.2 Å².